The molecule has 1 N–H and O–H groups in total. The highest BCUT2D eigenvalue weighted by molar-refractivity contribution is 9.10. The molecule has 0 fully saturated rings. The summed E-state index contributed by atoms with van der Waals surface area (Å²) in [6.07, 6.45) is 0. The highest BCUT2D eigenvalue weighted by Gasteiger charge is 2.14. The number of hydrogen-bond acceptors (Lipinski definition) is 6. The maximum absolute atomic E-state index is 12.0. The first-order valence-corrected chi connectivity index (χ1v) is 9.83. The quantitative estimate of drug-likeness (QED) is 0.384. The number of nitrogens with zero attached hydrogens (tertiary/aromatic N) is 2. The smallest absolute Gasteiger partial charge is 0.293 e. The number of nitrogens with one attached hydrogen (secondary N) is 1. The number of hydrogen-bond donors (Lipinski definition) is 1. The van der Waals surface area contributed by atoms with E-state index in [2.05, 4.69) is 31.4 Å². The molecule has 0 aliphatic heterocycles. The van der Waals surface area contributed by atoms with Crippen LogP contribution in [0.2, 0.25) is 10.0 Å². The second kappa shape index (κ2) is 7.88. The van der Waals surface area contributed by atoms with Gasteiger partial charge in [0.1, 0.15) is 0 Å². The van der Waals surface area contributed by atoms with Crippen molar-refractivity contribution in [3.63, 3.8) is 0 Å². The monoisotopic (exact) mass is 463 g/mol. The van der Waals surface area contributed by atoms with E-state index >= 15 is 0 Å². The van der Waals surface area contributed by atoms with Crippen molar-refractivity contribution in [2.45, 2.75) is 10.1 Å². The molecule has 2 heterocycles. The van der Waals surface area contributed by atoms with E-state index in [4.69, 9.17) is 27.6 Å². The molecule has 0 unspecified atom stereocenters. The van der Waals surface area contributed by atoms with Crippen LogP contribution in [-0.2, 0) is 5.75 Å². The molecule has 0 bridgehead atoms. The zero-order valence-corrected chi connectivity index (χ0v) is 16.5. The largest absolute Gasteiger partial charge is 0.444 e. The molecule has 0 aliphatic rings. The Hall–Kier alpha value is -1.06. The summed E-state index contributed by atoms with van der Waals surface area (Å²) < 4.78 is 6.41. The van der Waals surface area contributed by atoms with Crippen molar-refractivity contribution in [2.75, 3.05) is 5.32 Å². The molecule has 1 aromatic carbocycles. The second-order valence-corrected chi connectivity index (χ2v) is 8.26. The van der Waals surface area contributed by atoms with Crippen LogP contribution in [-0.4, -0.2) is 16.1 Å². The molecule has 5 nitrogen and oxygen atoms in total. The predicted octanol–water partition coefficient (Wildman–Crippen LogP) is 5.75. The Bertz CT molecular complexity index is 885. The molecule has 3 rings (SSSR count). The molecular formula is C14H8BrCl2N3O2S2. The second-order valence-electron chi connectivity index (χ2n) is 4.47. The Morgan fingerprint density at radius 1 is 1.25 bits per heavy atom. The molecule has 0 saturated heterocycles. The average molecular weight is 465 g/mol. The van der Waals surface area contributed by atoms with Crippen LogP contribution >= 0.6 is 62.2 Å². The van der Waals surface area contributed by atoms with Crippen LogP contribution in [0.4, 0.5) is 5.13 Å². The lowest BCUT2D eigenvalue weighted by Crippen LogP contribution is -2.10. The van der Waals surface area contributed by atoms with Crippen molar-refractivity contribution < 1.29 is 9.21 Å². The summed E-state index contributed by atoms with van der Waals surface area (Å²) in [7, 11) is 0. The number of thioether (sulfide) groups is 1. The van der Waals surface area contributed by atoms with Crippen molar-refractivity contribution >= 4 is 73.3 Å². The molecule has 1 amide bonds. The van der Waals surface area contributed by atoms with Gasteiger partial charge in [0.2, 0.25) is 5.13 Å². The Morgan fingerprint density at radius 3 is 2.79 bits per heavy atom. The Balaban J connectivity index is 1.59. The molecule has 0 radical (unpaired) electrons. The van der Waals surface area contributed by atoms with Gasteiger partial charge in [0.05, 0.1) is 10.0 Å². The topological polar surface area (TPSA) is 68.0 Å². The highest BCUT2D eigenvalue weighted by Crippen LogP contribution is 2.30. The summed E-state index contributed by atoms with van der Waals surface area (Å²) in [5, 5.41) is 12.1. The highest BCUT2D eigenvalue weighted by atomic mass is 79.9. The van der Waals surface area contributed by atoms with Gasteiger partial charge < -0.3 is 4.42 Å². The Kier molecular flexibility index (Phi) is 5.83. The maximum Gasteiger partial charge on any atom is 0.293 e. The predicted molar refractivity (Wildman–Crippen MR) is 100 cm³/mol. The van der Waals surface area contributed by atoms with Crippen LogP contribution in [0.25, 0.3) is 0 Å². The van der Waals surface area contributed by atoms with E-state index in [0.717, 1.165) is 9.90 Å². The number of aromatic nitrogens is 2. The van der Waals surface area contributed by atoms with Crippen LogP contribution in [0.1, 0.15) is 16.1 Å². The van der Waals surface area contributed by atoms with Gasteiger partial charge in [-0.05, 0) is 45.8 Å². The van der Waals surface area contributed by atoms with E-state index < -0.39 is 0 Å². The van der Waals surface area contributed by atoms with Crippen molar-refractivity contribution in [1.82, 2.24) is 10.2 Å². The van der Waals surface area contributed by atoms with Gasteiger partial charge in [0, 0.05) is 5.75 Å². The first kappa shape index (κ1) is 17.8. The van der Waals surface area contributed by atoms with Crippen molar-refractivity contribution in [1.29, 1.82) is 0 Å². The molecule has 124 valence electrons. The van der Waals surface area contributed by atoms with Crippen molar-refractivity contribution in [3.8, 4) is 0 Å². The third-order valence-corrected chi connectivity index (χ3v) is 5.98. The van der Waals surface area contributed by atoms with E-state index in [1.165, 1.54) is 23.1 Å². The average Bonchev–Trinajstić information content (AvgIpc) is 3.17. The fourth-order valence-corrected chi connectivity index (χ4v) is 4.01. The summed E-state index contributed by atoms with van der Waals surface area (Å²) >= 11 is 17.8. The fraction of sp³-hybridized carbons (Fsp3) is 0.0714. The molecule has 0 saturated carbocycles. The maximum atomic E-state index is 12.0. The van der Waals surface area contributed by atoms with E-state index in [1.54, 1.807) is 18.2 Å². The van der Waals surface area contributed by atoms with Crippen LogP contribution in [0, 0.1) is 0 Å². The summed E-state index contributed by atoms with van der Waals surface area (Å²) in [4.78, 5) is 12.0. The summed E-state index contributed by atoms with van der Waals surface area (Å²) in [6.45, 7) is 0. The van der Waals surface area contributed by atoms with Gasteiger partial charge in [0.25, 0.3) is 5.91 Å². The van der Waals surface area contributed by atoms with Crippen molar-refractivity contribution in [2.24, 2.45) is 0 Å². The number of carbonyl (C=O) groups is 1. The zero-order valence-electron chi connectivity index (χ0n) is 11.8. The van der Waals surface area contributed by atoms with Crippen LogP contribution < -0.4 is 5.32 Å². The van der Waals surface area contributed by atoms with Crippen molar-refractivity contribution in [3.05, 3.63) is 56.4 Å². The SMILES string of the molecule is O=C(Nc1nnc(SCc2ccc(Cl)c(Cl)c2)s1)c1ccc(Br)o1. The van der Waals surface area contributed by atoms with Gasteiger partial charge in [-0.2, -0.15) is 0 Å². The number of carbonyl (C=O) groups excluding carboxylic acids is 1. The fourth-order valence-electron chi connectivity index (χ4n) is 1.69. The Morgan fingerprint density at radius 2 is 2.08 bits per heavy atom. The minimum atomic E-state index is -0.377. The Labute approximate surface area is 163 Å². The first-order chi connectivity index (χ1) is 11.5. The van der Waals surface area contributed by atoms with E-state index in [-0.39, 0.29) is 11.7 Å². The third kappa shape index (κ3) is 4.52. The number of amides is 1. The van der Waals surface area contributed by atoms with Gasteiger partial charge in [0.15, 0.2) is 14.8 Å². The molecule has 0 atom stereocenters. The number of anilines is 1. The van der Waals surface area contributed by atoms with Gasteiger partial charge in [-0.15, -0.1) is 10.2 Å². The van der Waals surface area contributed by atoms with E-state index in [0.29, 0.717) is 25.6 Å². The molecule has 24 heavy (non-hydrogen) atoms. The van der Waals surface area contributed by atoms with Gasteiger partial charge >= 0.3 is 0 Å². The summed E-state index contributed by atoms with van der Waals surface area (Å²) in [6, 6.07) is 8.69. The number of furan rings is 1. The minimum Gasteiger partial charge on any atom is -0.444 e. The number of halogens is 3. The molecule has 10 heteroatoms. The molecule has 2 aromatic heterocycles. The van der Waals surface area contributed by atoms with E-state index in [1.807, 2.05) is 12.1 Å². The summed E-state index contributed by atoms with van der Waals surface area (Å²) in [5.41, 5.74) is 1.02. The van der Waals surface area contributed by atoms with Crippen LogP contribution in [0.5, 0.6) is 0 Å². The lowest BCUT2D eigenvalue weighted by atomic mass is 10.2. The third-order valence-electron chi connectivity index (χ3n) is 2.77. The molecule has 0 spiro atoms. The van der Waals surface area contributed by atoms with Crippen LogP contribution in [0.3, 0.4) is 0 Å². The normalized spacial score (nSPS) is 10.8. The number of benzene rings is 1. The molecule has 3 aromatic rings. The minimum absolute atomic E-state index is 0.196. The van der Waals surface area contributed by atoms with Gasteiger partial charge in [-0.25, -0.2) is 0 Å². The molecule has 0 aliphatic carbocycles. The summed E-state index contributed by atoms with van der Waals surface area (Å²) in [5.74, 6) is 0.491. The zero-order chi connectivity index (χ0) is 17.1. The first-order valence-electron chi connectivity index (χ1n) is 6.48. The lowest BCUT2D eigenvalue weighted by Gasteiger charge is -2.01. The van der Waals surface area contributed by atoms with Gasteiger partial charge in [-0.1, -0.05) is 52.4 Å². The van der Waals surface area contributed by atoms with Gasteiger partial charge in [-0.3, -0.25) is 10.1 Å². The lowest BCUT2D eigenvalue weighted by molar-refractivity contribution is 0.0995. The standard InChI is InChI=1S/C14H8BrCl2N3O2S2/c15-11-4-3-10(22-11)12(21)18-13-19-20-14(24-13)23-6-7-1-2-8(16)9(17)5-7/h1-5H,6H2,(H,18,19,21). The van der Waals surface area contributed by atoms with Crippen LogP contribution in [0.15, 0.2) is 43.8 Å². The van der Waals surface area contributed by atoms with E-state index in [9.17, 15) is 4.79 Å². The molecular weight excluding hydrogens is 457 g/mol. The number of rotatable bonds is 5.